The molecule has 0 aliphatic rings. The average molecular weight is 249 g/mol. The Hall–Kier alpha value is -0.690. The highest BCUT2D eigenvalue weighted by Gasteiger charge is 2.13. The summed E-state index contributed by atoms with van der Waals surface area (Å²) < 4.78 is 5.19. The second kappa shape index (κ2) is 8.41. The first kappa shape index (κ1) is 16.3. The van der Waals surface area contributed by atoms with Gasteiger partial charge in [-0.05, 0) is 32.6 Å². The number of hydrogen-bond acceptors (Lipinski definition) is 6. The van der Waals surface area contributed by atoms with Crippen molar-refractivity contribution in [3.63, 3.8) is 0 Å². The zero-order valence-electron chi connectivity index (χ0n) is 10.9. The molecule has 2 atom stereocenters. The van der Waals surface area contributed by atoms with E-state index in [0.29, 0.717) is 25.2 Å². The number of rotatable bonds is 8. The molecule has 2 N–H and O–H groups in total. The molecule has 0 aromatic carbocycles. The van der Waals surface area contributed by atoms with Gasteiger partial charge in [-0.2, -0.15) is 0 Å². The van der Waals surface area contributed by atoms with Gasteiger partial charge in [0.15, 0.2) is 0 Å². The highest BCUT2D eigenvalue weighted by molar-refractivity contribution is 5.69. The van der Waals surface area contributed by atoms with E-state index in [2.05, 4.69) is 4.84 Å². The Morgan fingerprint density at radius 1 is 1.24 bits per heavy atom. The fraction of sp³-hybridized carbons (Fsp3) is 0.909. The van der Waals surface area contributed by atoms with Gasteiger partial charge in [0.25, 0.3) is 0 Å². The zero-order valence-corrected chi connectivity index (χ0v) is 10.9. The Labute approximate surface area is 102 Å². The van der Waals surface area contributed by atoms with Crippen LogP contribution in [0.2, 0.25) is 0 Å². The lowest BCUT2D eigenvalue weighted by atomic mass is 10.1. The molecule has 0 aromatic heterocycles. The van der Waals surface area contributed by atoms with Gasteiger partial charge in [-0.1, -0.05) is 13.8 Å². The largest absolute Gasteiger partial charge is 0.462 e. The molecule has 0 spiro atoms. The van der Waals surface area contributed by atoms with Gasteiger partial charge in [0.2, 0.25) is 0 Å². The lowest BCUT2D eigenvalue weighted by Crippen LogP contribution is -2.22. The third-order valence-electron chi connectivity index (χ3n) is 2.52. The van der Waals surface area contributed by atoms with Crippen LogP contribution in [0, 0.1) is 5.92 Å². The molecule has 6 heteroatoms. The van der Waals surface area contributed by atoms with Crippen molar-refractivity contribution in [3.8, 4) is 0 Å². The highest BCUT2D eigenvalue weighted by atomic mass is 17.1. The minimum Gasteiger partial charge on any atom is -0.462 e. The molecule has 6 nitrogen and oxygen atoms in total. The second-order valence-electron chi connectivity index (χ2n) is 4.50. The van der Waals surface area contributed by atoms with Crippen molar-refractivity contribution >= 4 is 5.97 Å². The normalized spacial score (nSPS) is 15.1. The van der Waals surface area contributed by atoms with Crippen LogP contribution in [0.3, 0.4) is 0 Å². The molecule has 0 saturated heterocycles. The molecule has 0 radical (unpaired) electrons. The molecule has 17 heavy (non-hydrogen) atoms. The van der Waals surface area contributed by atoms with Crippen LogP contribution in [0.5, 0.6) is 0 Å². The number of esters is 1. The number of carbonyl (C=O) groups is 1. The van der Waals surface area contributed by atoms with Crippen LogP contribution in [-0.4, -0.2) is 34.0 Å². The molecular weight excluding hydrogens is 226 g/mol. The highest BCUT2D eigenvalue weighted by Crippen LogP contribution is 2.10. The summed E-state index contributed by atoms with van der Waals surface area (Å²) in [5.41, 5.74) is 0. The van der Waals surface area contributed by atoms with Gasteiger partial charge in [0.1, 0.15) is 6.10 Å². The van der Waals surface area contributed by atoms with Gasteiger partial charge in [0.05, 0.1) is 11.5 Å². The molecule has 0 aliphatic heterocycles. The van der Waals surface area contributed by atoms with Gasteiger partial charge in [-0.3, -0.25) is 15.2 Å². The average Bonchev–Trinajstić information content (AvgIpc) is 2.15. The maximum atomic E-state index is 11.4. The number of hydrogen-bond donors (Lipinski definition) is 2. The van der Waals surface area contributed by atoms with E-state index >= 15 is 0 Å². The van der Waals surface area contributed by atoms with E-state index in [0.717, 1.165) is 0 Å². The summed E-state index contributed by atoms with van der Waals surface area (Å²) in [5, 5.41) is 16.5. The first-order valence-electron chi connectivity index (χ1n) is 5.87. The van der Waals surface area contributed by atoms with Gasteiger partial charge >= 0.3 is 5.97 Å². The zero-order chi connectivity index (χ0) is 13.4. The maximum absolute atomic E-state index is 11.4. The Morgan fingerprint density at radius 3 is 2.29 bits per heavy atom. The van der Waals surface area contributed by atoms with E-state index in [4.69, 9.17) is 15.2 Å². The maximum Gasteiger partial charge on any atom is 0.306 e. The molecule has 0 fully saturated rings. The Bertz CT molecular complexity index is 220. The van der Waals surface area contributed by atoms with Crippen LogP contribution in [-0.2, 0) is 14.4 Å². The number of nitrogens with zero attached hydrogens (tertiary/aromatic N) is 1. The van der Waals surface area contributed by atoms with E-state index in [-0.39, 0.29) is 23.6 Å². The first-order chi connectivity index (χ1) is 7.82. The van der Waals surface area contributed by atoms with Crippen LogP contribution in [0.15, 0.2) is 0 Å². The lowest BCUT2D eigenvalue weighted by molar-refractivity contribution is -0.503. The van der Waals surface area contributed by atoms with Crippen LogP contribution < -0.4 is 0 Å². The molecule has 1 unspecified atom stereocenters. The Kier molecular flexibility index (Phi) is 8.07. The van der Waals surface area contributed by atoms with Crippen molar-refractivity contribution in [2.45, 2.75) is 59.2 Å². The third kappa shape index (κ3) is 9.05. The summed E-state index contributed by atoms with van der Waals surface area (Å²) in [6.45, 7) is 7.53. The molecule has 0 bridgehead atoms. The SMILES string of the molecule is CC(C)C(C)OC(=O)CCC[C@@H](C)ON(O)O. The molecule has 0 amide bonds. The molecule has 0 aromatic rings. The second-order valence-corrected chi connectivity index (χ2v) is 4.50. The summed E-state index contributed by atoms with van der Waals surface area (Å²) in [6.07, 6.45) is 0.991. The Balaban J connectivity index is 3.64. The van der Waals surface area contributed by atoms with E-state index in [1.807, 2.05) is 20.8 Å². The molecule has 0 saturated carbocycles. The van der Waals surface area contributed by atoms with E-state index < -0.39 is 0 Å². The summed E-state index contributed by atoms with van der Waals surface area (Å²) in [7, 11) is 0. The smallest absolute Gasteiger partial charge is 0.306 e. The fourth-order valence-corrected chi connectivity index (χ4v) is 1.15. The van der Waals surface area contributed by atoms with Crippen molar-refractivity contribution in [1.82, 2.24) is 5.39 Å². The molecule has 0 rings (SSSR count). The van der Waals surface area contributed by atoms with Crippen molar-refractivity contribution in [2.75, 3.05) is 0 Å². The number of ether oxygens (including phenoxy) is 1. The third-order valence-corrected chi connectivity index (χ3v) is 2.52. The van der Waals surface area contributed by atoms with Crippen LogP contribution in [0.4, 0.5) is 0 Å². The first-order valence-corrected chi connectivity index (χ1v) is 5.87. The molecule has 0 heterocycles. The van der Waals surface area contributed by atoms with Gasteiger partial charge in [0, 0.05) is 6.42 Å². The molecular formula is C11H23NO5. The van der Waals surface area contributed by atoms with Crippen molar-refractivity contribution < 1.29 is 24.8 Å². The fourth-order valence-electron chi connectivity index (χ4n) is 1.15. The predicted octanol–water partition coefficient (Wildman–Crippen LogP) is 2.14. The minimum absolute atomic E-state index is 0.0819. The summed E-state index contributed by atoms with van der Waals surface area (Å²) in [6, 6.07) is 0. The minimum atomic E-state index is -0.361. The molecule has 102 valence electrons. The van der Waals surface area contributed by atoms with Gasteiger partial charge in [-0.15, -0.1) is 0 Å². The van der Waals surface area contributed by atoms with Crippen molar-refractivity contribution in [1.29, 1.82) is 0 Å². The van der Waals surface area contributed by atoms with Crippen LogP contribution in [0.1, 0.15) is 47.0 Å². The van der Waals surface area contributed by atoms with E-state index in [1.165, 1.54) is 0 Å². The monoisotopic (exact) mass is 249 g/mol. The standard InChI is InChI=1S/C11H23NO5/c1-8(2)10(4)16-11(13)7-5-6-9(3)17-12(14)15/h8-10,14-15H,5-7H2,1-4H3/t9-,10?/m1/s1. The van der Waals surface area contributed by atoms with Crippen molar-refractivity contribution in [2.24, 2.45) is 5.92 Å². The summed E-state index contributed by atoms with van der Waals surface area (Å²) in [4.78, 5) is 15.9. The van der Waals surface area contributed by atoms with Gasteiger partial charge < -0.3 is 4.74 Å². The summed E-state index contributed by atoms with van der Waals surface area (Å²) in [5.74, 6) is 0.0711. The summed E-state index contributed by atoms with van der Waals surface area (Å²) >= 11 is 0. The van der Waals surface area contributed by atoms with Crippen molar-refractivity contribution in [3.05, 3.63) is 0 Å². The number of carbonyl (C=O) groups excluding carboxylic acids is 1. The van der Waals surface area contributed by atoms with E-state index in [1.54, 1.807) is 6.92 Å². The lowest BCUT2D eigenvalue weighted by Gasteiger charge is -2.17. The Morgan fingerprint density at radius 2 is 1.82 bits per heavy atom. The van der Waals surface area contributed by atoms with Gasteiger partial charge in [-0.25, -0.2) is 4.84 Å². The van der Waals surface area contributed by atoms with E-state index in [9.17, 15) is 4.79 Å². The quantitative estimate of drug-likeness (QED) is 0.507. The van der Waals surface area contributed by atoms with Crippen LogP contribution in [0.25, 0.3) is 0 Å². The van der Waals surface area contributed by atoms with Crippen LogP contribution >= 0.6 is 0 Å². The topological polar surface area (TPSA) is 79.2 Å². The predicted molar refractivity (Wildman–Crippen MR) is 60.2 cm³/mol. The molecule has 0 aliphatic carbocycles.